The fraction of sp³-hybridized carbons (Fsp3) is 0.440. The monoisotopic (exact) mass is 511 g/mol. The van der Waals surface area contributed by atoms with E-state index < -0.39 is 5.92 Å². The summed E-state index contributed by atoms with van der Waals surface area (Å²) in [5.74, 6) is 0.666. The topological polar surface area (TPSA) is 95.9 Å². The van der Waals surface area contributed by atoms with Gasteiger partial charge in [-0.3, -0.25) is 9.69 Å². The van der Waals surface area contributed by atoms with Gasteiger partial charge in [0.25, 0.3) is 0 Å². The van der Waals surface area contributed by atoms with Gasteiger partial charge in [-0.05, 0) is 29.4 Å². The molecule has 34 heavy (non-hydrogen) atoms. The highest BCUT2D eigenvalue weighted by Crippen LogP contribution is 2.52. The third-order valence-corrected chi connectivity index (χ3v) is 9.56. The Hall–Kier alpha value is -2.41. The van der Waals surface area contributed by atoms with Crippen molar-refractivity contribution < 1.29 is 4.79 Å². The lowest BCUT2D eigenvalue weighted by Crippen LogP contribution is -2.42. The molecule has 0 saturated carbocycles. The van der Waals surface area contributed by atoms with Crippen LogP contribution in [0.4, 0.5) is 5.13 Å². The molecule has 4 rings (SSSR count). The van der Waals surface area contributed by atoms with E-state index in [1.165, 1.54) is 16.2 Å². The molecule has 0 spiro atoms. The molecule has 1 aliphatic carbocycles. The van der Waals surface area contributed by atoms with Crippen LogP contribution >= 0.6 is 34.4 Å². The lowest BCUT2D eigenvalue weighted by atomic mass is 9.70. The van der Waals surface area contributed by atoms with E-state index in [2.05, 4.69) is 63.5 Å². The van der Waals surface area contributed by atoms with Crippen LogP contribution in [0.15, 0.2) is 51.8 Å². The summed E-state index contributed by atoms with van der Waals surface area (Å²) in [6, 6.07) is 6.48. The summed E-state index contributed by atoms with van der Waals surface area (Å²) in [6.07, 6.45) is 2.91. The lowest BCUT2D eigenvalue weighted by Gasteiger charge is -2.42. The van der Waals surface area contributed by atoms with E-state index in [4.69, 9.17) is 5.73 Å². The molecule has 178 valence electrons. The van der Waals surface area contributed by atoms with Gasteiger partial charge in [0.05, 0.1) is 17.6 Å². The smallest absolute Gasteiger partial charge is 0.219 e. The van der Waals surface area contributed by atoms with Gasteiger partial charge in [0, 0.05) is 33.2 Å². The van der Waals surface area contributed by atoms with Gasteiger partial charge < -0.3 is 5.73 Å². The van der Waals surface area contributed by atoms with Gasteiger partial charge >= 0.3 is 0 Å². The van der Waals surface area contributed by atoms with Gasteiger partial charge in [-0.1, -0.05) is 63.8 Å². The number of hydrogen-bond donors (Lipinski definition) is 1. The molecule has 0 radical (unpaired) electrons. The predicted molar refractivity (Wildman–Crippen MR) is 141 cm³/mol. The molecule has 0 fully saturated rings. The largest absolute Gasteiger partial charge is 0.384 e. The van der Waals surface area contributed by atoms with Crippen LogP contribution in [0.5, 0.6) is 0 Å². The second-order valence-electron chi connectivity index (χ2n) is 10.4. The molecule has 2 aromatic rings. The average molecular weight is 512 g/mol. The Morgan fingerprint density at radius 1 is 1.32 bits per heavy atom. The van der Waals surface area contributed by atoms with Crippen molar-refractivity contribution in [2.45, 2.75) is 63.1 Å². The zero-order chi connectivity index (χ0) is 24.8. The first-order valence-corrected chi connectivity index (χ1v) is 13.7. The molecular weight excluding hydrogens is 483 g/mol. The van der Waals surface area contributed by atoms with E-state index in [1.54, 1.807) is 28.0 Å². The number of thiophene rings is 1. The van der Waals surface area contributed by atoms with Crippen molar-refractivity contribution in [2.24, 2.45) is 11.1 Å². The number of nitrogens with two attached hydrogens (primary N) is 1. The Bertz CT molecular complexity index is 1250. The van der Waals surface area contributed by atoms with Crippen LogP contribution in [0.2, 0.25) is 0 Å². The number of nitrogens with zero attached hydrogens (tertiary/aromatic N) is 4. The number of carbonyl (C=O) groups is 1. The van der Waals surface area contributed by atoms with E-state index >= 15 is 0 Å². The van der Waals surface area contributed by atoms with Crippen LogP contribution < -0.4 is 10.6 Å². The fourth-order valence-corrected chi connectivity index (χ4v) is 7.23. The van der Waals surface area contributed by atoms with Gasteiger partial charge in [0.2, 0.25) is 5.13 Å². The Morgan fingerprint density at radius 3 is 2.68 bits per heavy atom. The molecule has 6 nitrogen and oxygen atoms in total. The van der Waals surface area contributed by atoms with Gasteiger partial charge in [-0.2, -0.15) is 5.26 Å². The Morgan fingerprint density at radius 2 is 2.06 bits per heavy atom. The average Bonchev–Trinajstić information content (AvgIpc) is 3.40. The maximum atomic E-state index is 13.6. The molecule has 2 aliphatic rings. The Labute approximate surface area is 213 Å². The highest BCUT2D eigenvalue weighted by molar-refractivity contribution is 8.01. The molecule has 1 atom stereocenters. The standard InChI is InChI=1S/C25H29N5OS3/c1-7-10-32-23-29-28-22(34-23)30-15-11-25(5,6)12-16(31)20(15)19(14(13-26)21(30)27)17-8-9-18(33-17)24(2,3)4/h7-9,19H,1,10-12,27H2,2-6H3. The van der Waals surface area contributed by atoms with Gasteiger partial charge in [-0.15, -0.1) is 28.1 Å². The number of nitriles is 1. The summed E-state index contributed by atoms with van der Waals surface area (Å²) in [5, 5.41) is 19.5. The molecule has 1 unspecified atom stereocenters. The van der Waals surface area contributed by atoms with Crippen LogP contribution in [0.1, 0.15) is 63.1 Å². The van der Waals surface area contributed by atoms with Crippen LogP contribution in [0, 0.1) is 16.7 Å². The number of anilines is 1. The molecule has 2 N–H and O–H groups in total. The first-order valence-electron chi connectivity index (χ1n) is 11.1. The number of ketones is 1. The number of rotatable bonds is 5. The summed E-state index contributed by atoms with van der Waals surface area (Å²) >= 11 is 4.60. The SMILES string of the molecule is C=CCSc1nnc(N2C(N)=C(C#N)C(c3ccc(C(C)(C)C)s3)C3=C2CC(C)(C)CC3=O)s1. The predicted octanol–water partition coefficient (Wildman–Crippen LogP) is 6.12. The van der Waals surface area contributed by atoms with Crippen molar-refractivity contribution in [3.05, 3.63) is 57.2 Å². The molecule has 0 saturated heterocycles. The van der Waals surface area contributed by atoms with Crippen molar-refractivity contribution in [2.75, 3.05) is 10.7 Å². The highest BCUT2D eigenvalue weighted by atomic mass is 32.2. The summed E-state index contributed by atoms with van der Waals surface area (Å²) in [7, 11) is 0. The third-order valence-electron chi connectivity index (χ3n) is 5.94. The van der Waals surface area contributed by atoms with Crippen LogP contribution in [0.3, 0.4) is 0 Å². The maximum Gasteiger partial charge on any atom is 0.219 e. The number of aromatic nitrogens is 2. The minimum Gasteiger partial charge on any atom is -0.384 e. The van der Waals surface area contributed by atoms with E-state index in [0.717, 1.165) is 20.7 Å². The number of thioether (sulfide) groups is 1. The second kappa shape index (κ2) is 8.99. The number of Topliss-reactive ketones (excluding diaryl/α,β-unsaturated/α-hetero) is 1. The van der Waals surface area contributed by atoms with E-state index in [1.807, 2.05) is 12.1 Å². The van der Waals surface area contributed by atoms with Crippen molar-refractivity contribution in [1.82, 2.24) is 10.2 Å². The molecule has 2 aromatic heterocycles. The minimum absolute atomic E-state index is 0.0203. The molecule has 9 heteroatoms. The van der Waals surface area contributed by atoms with E-state index in [0.29, 0.717) is 34.9 Å². The van der Waals surface area contributed by atoms with Gasteiger partial charge in [-0.25, -0.2) is 0 Å². The van der Waals surface area contributed by atoms with Crippen molar-refractivity contribution in [3.8, 4) is 6.07 Å². The zero-order valence-electron chi connectivity index (χ0n) is 20.1. The Balaban J connectivity index is 1.90. The molecular formula is C25H29N5OS3. The maximum absolute atomic E-state index is 13.6. The quantitative estimate of drug-likeness (QED) is 0.382. The molecule has 3 heterocycles. The van der Waals surface area contributed by atoms with Crippen LogP contribution in [-0.2, 0) is 10.2 Å². The van der Waals surface area contributed by atoms with Crippen molar-refractivity contribution in [3.63, 3.8) is 0 Å². The van der Waals surface area contributed by atoms with E-state index in [-0.39, 0.29) is 16.6 Å². The second-order valence-corrected chi connectivity index (χ2v) is 13.7. The first kappa shape index (κ1) is 24.7. The van der Waals surface area contributed by atoms with Gasteiger partial charge in [0.15, 0.2) is 10.1 Å². The third kappa shape index (κ3) is 4.47. The number of carbonyl (C=O) groups excluding carboxylic acids is 1. The molecule has 0 aromatic carbocycles. The van der Waals surface area contributed by atoms with Crippen molar-refractivity contribution in [1.29, 1.82) is 5.26 Å². The minimum atomic E-state index is -0.455. The van der Waals surface area contributed by atoms with E-state index in [9.17, 15) is 10.1 Å². The normalized spacial score (nSPS) is 20.4. The molecule has 1 aliphatic heterocycles. The number of allylic oxidation sites excluding steroid dienone is 3. The summed E-state index contributed by atoms with van der Waals surface area (Å²) < 4.78 is 0.792. The summed E-state index contributed by atoms with van der Waals surface area (Å²) in [4.78, 5) is 17.6. The fourth-order valence-electron chi connectivity index (χ4n) is 4.40. The van der Waals surface area contributed by atoms with Crippen LogP contribution in [-0.4, -0.2) is 21.7 Å². The molecule has 0 bridgehead atoms. The lowest BCUT2D eigenvalue weighted by molar-refractivity contribution is -0.118. The van der Waals surface area contributed by atoms with Crippen molar-refractivity contribution >= 4 is 45.4 Å². The zero-order valence-corrected chi connectivity index (χ0v) is 22.6. The van der Waals surface area contributed by atoms with Gasteiger partial charge in [0.1, 0.15) is 5.82 Å². The summed E-state index contributed by atoms with van der Waals surface area (Å²) in [6.45, 7) is 14.4. The highest BCUT2D eigenvalue weighted by Gasteiger charge is 2.46. The summed E-state index contributed by atoms with van der Waals surface area (Å²) in [5.41, 5.74) is 8.35. The molecule has 0 amide bonds. The van der Waals surface area contributed by atoms with Crippen LogP contribution in [0.25, 0.3) is 0 Å². The first-order chi connectivity index (χ1) is 16.0. The Kier molecular flexibility index (Phi) is 6.53. The number of hydrogen-bond acceptors (Lipinski definition) is 9.